The average Bonchev–Trinajstić information content (AvgIpc) is 2.39. The highest BCUT2D eigenvalue weighted by molar-refractivity contribution is 6.31. The van der Waals surface area contributed by atoms with Gasteiger partial charge in [0.25, 0.3) is 0 Å². The molecule has 3 nitrogen and oxygen atoms in total. The smallest absolute Gasteiger partial charge is 0.201 e. The first-order valence-corrected chi connectivity index (χ1v) is 5.69. The predicted octanol–water partition coefficient (Wildman–Crippen LogP) is 3.41. The van der Waals surface area contributed by atoms with Gasteiger partial charge in [-0.2, -0.15) is 0 Å². The Labute approximate surface area is 107 Å². The highest BCUT2D eigenvalue weighted by Gasteiger charge is 2.11. The monoisotopic (exact) mass is 258 g/mol. The molecule has 18 heavy (non-hydrogen) atoms. The lowest BCUT2D eigenvalue weighted by Gasteiger charge is -2.03. The number of carbonyl (C=O) groups excluding carboxylic acids is 1. The summed E-state index contributed by atoms with van der Waals surface area (Å²) in [5.74, 6) is 0. The lowest BCUT2D eigenvalue weighted by atomic mass is 10.1. The minimum Gasteiger partial charge on any atom is -0.456 e. The Morgan fingerprint density at radius 3 is 2.72 bits per heavy atom. The lowest BCUT2D eigenvalue weighted by Crippen LogP contribution is -2.04. The lowest BCUT2D eigenvalue weighted by molar-refractivity contribution is 0.112. The second kappa shape index (κ2) is 3.96. The van der Waals surface area contributed by atoms with Gasteiger partial charge in [0.05, 0.1) is 10.8 Å². The van der Waals surface area contributed by atoms with Crippen LogP contribution in [-0.2, 0) is 0 Å². The third-order valence-corrected chi connectivity index (χ3v) is 3.05. The Balaban J connectivity index is 2.62. The van der Waals surface area contributed by atoms with Crippen molar-refractivity contribution in [1.29, 1.82) is 0 Å². The number of aldehydes is 1. The predicted molar refractivity (Wildman–Crippen MR) is 70.4 cm³/mol. The largest absolute Gasteiger partial charge is 0.456 e. The molecule has 1 heterocycles. The van der Waals surface area contributed by atoms with Crippen molar-refractivity contribution in [3.63, 3.8) is 0 Å². The van der Waals surface area contributed by atoms with E-state index < -0.39 is 0 Å². The molecule has 3 aromatic rings. The zero-order valence-corrected chi connectivity index (χ0v) is 9.90. The third kappa shape index (κ3) is 1.52. The highest BCUT2D eigenvalue weighted by atomic mass is 35.5. The number of rotatable bonds is 1. The van der Waals surface area contributed by atoms with Gasteiger partial charge in [0.2, 0.25) is 5.43 Å². The van der Waals surface area contributed by atoms with Crippen molar-refractivity contribution in [1.82, 2.24) is 0 Å². The maximum atomic E-state index is 12.3. The number of benzene rings is 2. The van der Waals surface area contributed by atoms with Gasteiger partial charge < -0.3 is 4.42 Å². The van der Waals surface area contributed by atoms with E-state index in [2.05, 4.69) is 0 Å². The summed E-state index contributed by atoms with van der Waals surface area (Å²) in [6.07, 6.45) is 0.648. The zero-order chi connectivity index (χ0) is 12.7. The summed E-state index contributed by atoms with van der Waals surface area (Å²) in [6, 6.07) is 9.77. The molecule has 0 saturated heterocycles. The third-order valence-electron chi connectivity index (χ3n) is 2.82. The molecule has 4 heteroatoms. The fraction of sp³-hybridized carbons (Fsp3) is 0. The van der Waals surface area contributed by atoms with Crippen LogP contribution in [0.15, 0.2) is 45.6 Å². The molecule has 3 rings (SSSR count). The van der Waals surface area contributed by atoms with Crippen molar-refractivity contribution in [2.24, 2.45) is 0 Å². The van der Waals surface area contributed by atoms with Crippen LogP contribution in [0.4, 0.5) is 0 Å². The number of halogens is 1. The summed E-state index contributed by atoms with van der Waals surface area (Å²) in [6.45, 7) is 0. The van der Waals surface area contributed by atoms with Gasteiger partial charge in [-0.05, 0) is 24.3 Å². The molecule has 88 valence electrons. The van der Waals surface area contributed by atoms with E-state index in [1.165, 1.54) is 0 Å². The fourth-order valence-corrected chi connectivity index (χ4v) is 2.17. The standard InChI is InChI=1S/C14H7ClO3/c15-9-4-5-11-10(6-9)14(17)13-8(7-16)2-1-3-12(13)18-11/h1-7H. The Morgan fingerprint density at radius 2 is 1.94 bits per heavy atom. The summed E-state index contributed by atoms with van der Waals surface area (Å²) in [7, 11) is 0. The normalized spacial score (nSPS) is 10.9. The van der Waals surface area contributed by atoms with Crippen molar-refractivity contribution in [3.05, 3.63) is 57.2 Å². The van der Waals surface area contributed by atoms with Crippen LogP contribution in [0.25, 0.3) is 21.9 Å². The van der Waals surface area contributed by atoms with E-state index in [1.54, 1.807) is 36.4 Å². The van der Waals surface area contributed by atoms with Crippen LogP contribution in [0, 0.1) is 0 Å². The van der Waals surface area contributed by atoms with Crippen LogP contribution in [0.2, 0.25) is 5.02 Å². The molecule has 0 atom stereocenters. The van der Waals surface area contributed by atoms with Crippen molar-refractivity contribution in [2.75, 3.05) is 0 Å². The molecule has 0 amide bonds. The molecular weight excluding hydrogens is 252 g/mol. The molecule has 0 radical (unpaired) electrons. The number of hydrogen-bond acceptors (Lipinski definition) is 3. The van der Waals surface area contributed by atoms with Crippen molar-refractivity contribution >= 4 is 39.8 Å². The summed E-state index contributed by atoms with van der Waals surface area (Å²) in [5.41, 5.74) is 0.943. The molecule has 0 aliphatic carbocycles. The summed E-state index contributed by atoms with van der Waals surface area (Å²) >= 11 is 5.87. The van der Waals surface area contributed by atoms with E-state index in [4.69, 9.17) is 16.0 Å². The van der Waals surface area contributed by atoms with E-state index in [1.807, 2.05) is 0 Å². The van der Waals surface area contributed by atoms with E-state index >= 15 is 0 Å². The van der Waals surface area contributed by atoms with E-state index in [0.29, 0.717) is 38.8 Å². The van der Waals surface area contributed by atoms with E-state index in [0.717, 1.165) is 0 Å². The molecule has 0 saturated carbocycles. The van der Waals surface area contributed by atoms with Gasteiger partial charge in [0, 0.05) is 10.6 Å². The molecule has 0 fully saturated rings. The summed E-state index contributed by atoms with van der Waals surface area (Å²) in [5, 5.41) is 1.13. The average molecular weight is 259 g/mol. The summed E-state index contributed by atoms with van der Waals surface area (Å²) < 4.78 is 5.61. The first kappa shape index (κ1) is 11.0. The van der Waals surface area contributed by atoms with Crippen LogP contribution >= 0.6 is 11.6 Å². The van der Waals surface area contributed by atoms with Gasteiger partial charge in [-0.25, -0.2) is 0 Å². The highest BCUT2D eigenvalue weighted by Crippen LogP contribution is 2.22. The van der Waals surface area contributed by atoms with Crippen molar-refractivity contribution < 1.29 is 9.21 Å². The number of carbonyl (C=O) groups is 1. The van der Waals surface area contributed by atoms with Gasteiger partial charge in [0.1, 0.15) is 11.2 Å². The van der Waals surface area contributed by atoms with Crippen LogP contribution in [0.5, 0.6) is 0 Å². The Morgan fingerprint density at radius 1 is 1.11 bits per heavy atom. The molecule has 0 N–H and O–H groups in total. The van der Waals surface area contributed by atoms with Crippen LogP contribution in [0.1, 0.15) is 10.4 Å². The first-order chi connectivity index (χ1) is 8.70. The Kier molecular flexibility index (Phi) is 2.42. The molecule has 0 unspecified atom stereocenters. The number of fused-ring (bicyclic) bond motifs is 2. The molecule has 0 aliphatic rings. The number of hydrogen-bond donors (Lipinski definition) is 0. The molecular formula is C14H7ClO3. The SMILES string of the molecule is O=Cc1cccc2oc3ccc(Cl)cc3c(=O)c12. The van der Waals surface area contributed by atoms with Crippen molar-refractivity contribution in [2.45, 2.75) is 0 Å². The van der Waals surface area contributed by atoms with E-state index in [9.17, 15) is 9.59 Å². The van der Waals surface area contributed by atoms with Gasteiger partial charge in [-0.15, -0.1) is 0 Å². The topological polar surface area (TPSA) is 47.3 Å². The zero-order valence-electron chi connectivity index (χ0n) is 9.14. The quantitative estimate of drug-likeness (QED) is 0.496. The minimum absolute atomic E-state index is 0.239. The Hall–Kier alpha value is -2.13. The van der Waals surface area contributed by atoms with Gasteiger partial charge in [-0.1, -0.05) is 23.7 Å². The van der Waals surface area contributed by atoms with Crippen LogP contribution in [0.3, 0.4) is 0 Å². The molecule has 1 aromatic heterocycles. The second-order valence-corrected chi connectivity index (χ2v) is 4.35. The molecule has 0 aliphatic heterocycles. The molecule has 0 spiro atoms. The first-order valence-electron chi connectivity index (χ1n) is 5.31. The minimum atomic E-state index is -0.239. The Bertz CT molecular complexity index is 833. The summed E-state index contributed by atoms with van der Waals surface area (Å²) in [4.78, 5) is 23.3. The van der Waals surface area contributed by atoms with Gasteiger partial charge >= 0.3 is 0 Å². The van der Waals surface area contributed by atoms with Crippen LogP contribution in [-0.4, -0.2) is 6.29 Å². The van der Waals surface area contributed by atoms with Gasteiger partial charge in [0.15, 0.2) is 6.29 Å². The van der Waals surface area contributed by atoms with Crippen molar-refractivity contribution in [3.8, 4) is 0 Å². The van der Waals surface area contributed by atoms with Crippen LogP contribution < -0.4 is 5.43 Å². The van der Waals surface area contributed by atoms with E-state index in [-0.39, 0.29) is 5.43 Å². The maximum Gasteiger partial charge on any atom is 0.201 e. The van der Waals surface area contributed by atoms with Gasteiger partial charge in [-0.3, -0.25) is 9.59 Å². The second-order valence-electron chi connectivity index (χ2n) is 3.91. The molecule has 2 aromatic carbocycles. The fourth-order valence-electron chi connectivity index (χ4n) is 2.00. The maximum absolute atomic E-state index is 12.3. The molecule has 0 bridgehead atoms.